The quantitative estimate of drug-likeness (QED) is 0.811. The van der Waals surface area contributed by atoms with E-state index in [0.717, 1.165) is 50.9 Å². The SMILES string of the molecule is CCNCC1CCN(C(=O)CCC2CCCCC2)CC1.Cl. The van der Waals surface area contributed by atoms with Crippen molar-refractivity contribution in [2.45, 2.75) is 64.7 Å². The summed E-state index contributed by atoms with van der Waals surface area (Å²) >= 11 is 0. The molecule has 0 bridgehead atoms. The van der Waals surface area contributed by atoms with E-state index in [9.17, 15) is 4.79 Å². The van der Waals surface area contributed by atoms with E-state index in [1.165, 1.54) is 44.9 Å². The van der Waals surface area contributed by atoms with E-state index in [1.807, 2.05) is 0 Å². The normalized spacial score (nSPS) is 21.1. The van der Waals surface area contributed by atoms with E-state index in [-0.39, 0.29) is 12.4 Å². The van der Waals surface area contributed by atoms with Gasteiger partial charge in [0.25, 0.3) is 0 Å². The molecule has 2 rings (SSSR count). The molecule has 1 saturated carbocycles. The molecule has 0 aromatic carbocycles. The third-order valence-electron chi connectivity index (χ3n) is 5.14. The number of rotatable bonds is 6. The van der Waals surface area contributed by atoms with Crippen LogP contribution in [0.15, 0.2) is 0 Å². The van der Waals surface area contributed by atoms with Crippen molar-refractivity contribution in [3.8, 4) is 0 Å². The number of carbonyl (C=O) groups excluding carboxylic acids is 1. The average molecular weight is 317 g/mol. The summed E-state index contributed by atoms with van der Waals surface area (Å²) in [5, 5.41) is 3.43. The van der Waals surface area contributed by atoms with E-state index in [4.69, 9.17) is 0 Å². The largest absolute Gasteiger partial charge is 0.343 e. The van der Waals surface area contributed by atoms with Gasteiger partial charge in [-0.25, -0.2) is 0 Å². The van der Waals surface area contributed by atoms with Crippen molar-refractivity contribution in [1.29, 1.82) is 0 Å². The Morgan fingerprint density at radius 2 is 1.71 bits per heavy atom. The number of amides is 1. The summed E-state index contributed by atoms with van der Waals surface area (Å²) in [6.45, 7) is 6.31. The molecule has 2 aliphatic rings. The first kappa shape index (κ1) is 18.8. The Morgan fingerprint density at radius 3 is 2.33 bits per heavy atom. The summed E-state index contributed by atoms with van der Waals surface area (Å²) in [5.74, 6) is 2.02. The summed E-state index contributed by atoms with van der Waals surface area (Å²) in [6, 6.07) is 0. The van der Waals surface area contributed by atoms with Crippen molar-refractivity contribution in [3.63, 3.8) is 0 Å². The minimum absolute atomic E-state index is 0. The lowest BCUT2D eigenvalue weighted by Gasteiger charge is -2.32. The molecule has 1 aliphatic heterocycles. The Labute approximate surface area is 136 Å². The van der Waals surface area contributed by atoms with Crippen molar-refractivity contribution in [2.24, 2.45) is 11.8 Å². The van der Waals surface area contributed by atoms with E-state index in [1.54, 1.807) is 0 Å². The van der Waals surface area contributed by atoms with Crippen LogP contribution < -0.4 is 5.32 Å². The standard InChI is InChI=1S/C17H32N2O.ClH/c1-2-18-14-16-10-12-19(13-11-16)17(20)9-8-15-6-4-3-5-7-15;/h15-16,18H,2-14H2,1H3;1H. The van der Waals surface area contributed by atoms with Gasteiger partial charge in [-0.2, -0.15) is 0 Å². The lowest BCUT2D eigenvalue weighted by Crippen LogP contribution is -2.40. The first-order chi connectivity index (χ1) is 9.79. The zero-order chi connectivity index (χ0) is 14.2. The van der Waals surface area contributed by atoms with Crippen LogP contribution >= 0.6 is 12.4 Å². The summed E-state index contributed by atoms with van der Waals surface area (Å²) in [7, 11) is 0. The van der Waals surface area contributed by atoms with Crippen LogP contribution in [0.5, 0.6) is 0 Å². The number of nitrogens with one attached hydrogen (secondary N) is 1. The minimum Gasteiger partial charge on any atom is -0.343 e. The van der Waals surface area contributed by atoms with Gasteiger partial charge in [0.05, 0.1) is 0 Å². The lowest BCUT2D eigenvalue weighted by atomic mass is 9.86. The fourth-order valence-electron chi connectivity index (χ4n) is 3.70. The van der Waals surface area contributed by atoms with Crippen molar-refractivity contribution >= 4 is 18.3 Å². The predicted molar refractivity (Wildman–Crippen MR) is 90.9 cm³/mol. The predicted octanol–water partition coefficient (Wildman–Crippen LogP) is 3.62. The number of halogens is 1. The second-order valence-corrected chi connectivity index (χ2v) is 6.67. The first-order valence-corrected chi connectivity index (χ1v) is 8.78. The topological polar surface area (TPSA) is 32.3 Å². The van der Waals surface area contributed by atoms with E-state index in [2.05, 4.69) is 17.1 Å². The molecule has 21 heavy (non-hydrogen) atoms. The molecule has 0 aromatic rings. The molecule has 0 spiro atoms. The van der Waals surface area contributed by atoms with Gasteiger partial charge in [0.1, 0.15) is 0 Å². The summed E-state index contributed by atoms with van der Waals surface area (Å²) < 4.78 is 0. The van der Waals surface area contributed by atoms with Crippen molar-refractivity contribution < 1.29 is 4.79 Å². The van der Waals surface area contributed by atoms with Crippen LogP contribution in [0.3, 0.4) is 0 Å². The summed E-state index contributed by atoms with van der Waals surface area (Å²) in [5.41, 5.74) is 0. The van der Waals surface area contributed by atoms with Gasteiger partial charge in [-0.15, -0.1) is 12.4 Å². The number of hydrogen-bond acceptors (Lipinski definition) is 2. The first-order valence-electron chi connectivity index (χ1n) is 8.78. The highest BCUT2D eigenvalue weighted by molar-refractivity contribution is 5.85. The average Bonchev–Trinajstić information content (AvgIpc) is 2.52. The third-order valence-corrected chi connectivity index (χ3v) is 5.14. The Bertz CT molecular complexity index is 285. The van der Waals surface area contributed by atoms with Crippen LogP contribution in [-0.2, 0) is 4.79 Å². The van der Waals surface area contributed by atoms with Crippen molar-refractivity contribution in [3.05, 3.63) is 0 Å². The molecule has 0 radical (unpaired) electrons. The molecular formula is C17H33ClN2O. The zero-order valence-electron chi connectivity index (χ0n) is 13.6. The highest BCUT2D eigenvalue weighted by atomic mass is 35.5. The second kappa shape index (κ2) is 10.4. The monoisotopic (exact) mass is 316 g/mol. The molecule has 124 valence electrons. The summed E-state index contributed by atoms with van der Waals surface area (Å²) in [6.07, 6.45) is 11.2. The van der Waals surface area contributed by atoms with E-state index in [0.29, 0.717) is 5.91 Å². The van der Waals surface area contributed by atoms with Crippen molar-refractivity contribution in [2.75, 3.05) is 26.2 Å². The molecule has 1 saturated heterocycles. The molecule has 0 aromatic heterocycles. The van der Waals surface area contributed by atoms with Gasteiger partial charge in [-0.05, 0) is 44.2 Å². The van der Waals surface area contributed by atoms with Gasteiger partial charge in [0.15, 0.2) is 0 Å². The number of hydrogen-bond donors (Lipinski definition) is 1. The number of likely N-dealkylation sites (tertiary alicyclic amines) is 1. The number of piperidine rings is 1. The Hall–Kier alpha value is -0.280. The maximum Gasteiger partial charge on any atom is 0.222 e. The van der Waals surface area contributed by atoms with E-state index < -0.39 is 0 Å². The van der Waals surface area contributed by atoms with Crippen LogP contribution in [-0.4, -0.2) is 37.0 Å². The van der Waals surface area contributed by atoms with Gasteiger partial charge in [-0.1, -0.05) is 39.0 Å². The Kier molecular flexibility index (Phi) is 9.34. The minimum atomic E-state index is 0. The smallest absolute Gasteiger partial charge is 0.222 e. The molecule has 3 nitrogen and oxygen atoms in total. The van der Waals surface area contributed by atoms with Gasteiger partial charge >= 0.3 is 0 Å². The second-order valence-electron chi connectivity index (χ2n) is 6.67. The van der Waals surface area contributed by atoms with Crippen LogP contribution in [0.2, 0.25) is 0 Å². The van der Waals surface area contributed by atoms with Gasteiger partial charge in [0, 0.05) is 19.5 Å². The molecular weight excluding hydrogens is 284 g/mol. The fourth-order valence-corrected chi connectivity index (χ4v) is 3.70. The van der Waals surface area contributed by atoms with Crippen molar-refractivity contribution in [1.82, 2.24) is 10.2 Å². The maximum absolute atomic E-state index is 12.3. The van der Waals surface area contributed by atoms with Gasteiger partial charge in [0.2, 0.25) is 5.91 Å². The number of nitrogens with zero attached hydrogens (tertiary/aromatic N) is 1. The Morgan fingerprint density at radius 1 is 1.05 bits per heavy atom. The molecule has 1 heterocycles. The van der Waals surface area contributed by atoms with Crippen LogP contribution in [0.25, 0.3) is 0 Å². The molecule has 0 atom stereocenters. The maximum atomic E-state index is 12.3. The molecule has 0 unspecified atom stereocenters. The molecule has 2 fully saturated rings. The molecule has 1 N–H and O–H groups in total. The highest BCUT2D eigenvalue weighted by Crippen LogP contribution is 2.28. The number of carbonyl (C=O) groups is 1. The molecule has 4 heteroatoms. The van der Waals surface area contributed by atoms with E-state index >= 15 is 0 Å². The fraction of sp³-hybridized carbons (Fsp3) is 0.941. The summed E-state index contributed by atoms with van der Waals surface area (Å²) in [4.78, 5) is 14.4. The van der Waals surface area contributed by atoms with Crippen LogP contribution in [0, 0.1) is 11.8 Å². The highest BCUT2D eigenvalue weighted by Gasteiger charge is 2.23. The third kappa shape index (κ3) is 6.56. The van der Waals surface area contributed by atoms with Gasteiger partial charge in [-0.3, -0.25) is 4.79 Å². The van der Waals surface area contributed by atoms with Crippen LogP contribution in [0.1, 0.15) is 64.7 Å². The molecule has 1 amide bonds. The molecule has 1 aliphatic carbocycles. The lowest BCUT2D eigenvalue weighted by molar-refractivity contribution is -0.132. The van der Waals surface area contributed by atoms with Gasteiger partial charge < -0.3 is 10.2 Å². The zero-order valence-corrected chi connectivity index (χ0v) is 14.4. The Balaban J connectivity index is 0.00000220. The van der Waals surface area contributed by atoms with Crippen LogP contribution in [0.4, 0.5) is 0 Å².